The van der Waals surface area contributed by atoms with Crippen molar-refractivity contribution < 1.29 is 12.8 Å². The van der Waals surface area contributed by atoms with Crippen LogP contribution in [0.1, 0.15) is 38.5 Å². The summed E-state index contributed by atoms with van der Waals surface area (Å²) in [6.07, 6.45) is 6.93. The van der Waals surface area contributed by atoms with Gasteiger partial charge in [-0.1, -0.05) is 48.0 Å². The molecule has 20 heavy (non-hydrogen) atoms. The molecule has 0 aromatic heterocycles. The third-order valence-electron chi connectivity index (χ3n) is 3.75. The van der Waals surface area contributed by atoms with Gasteiger partial charge in [-0.15, -0.1) is 0 Å². The van der Waals surface area contributed by atoms with Gasteiger partial charge in [0.1, 0.15) is 10.7 Å². The third-order valence-corrected chi connectivity index (χ3v) is 5.74. The number of halogens is 2. The first-order chi connectivity index (χ1) is 9.49. The third kappa shape index (κ3) is 4.27. The van der Waals surface area contributed by atoms with E-state index in [9.17, 15) is 12.8 Å². The van der Waals surface area contributed by atoms with Crippen molar-refractivity contribution in [2.75, 3.05) is 6.54 Å². The van der Waals surface area contributed by atoms with Crippen molar-refractivity contribution >= 4 is 26.0 Å². The topological polar surface area (TPSA) is 46.2 Å². The van der Waals surface area contributed by atoms with Gasteiger partial charge in [-0.25, -0.2) is 17.5 Å². The second-order valence-corrected chi connectivity index (χ2v) is 7.92. The summed E-state index contributed by atoms with van der Waals surface area (Å²) < 4.78 is 40.8. The van der Waals surface area contributed by atoms with E-state index in [0.29, 0.717) is 16.9 Å². The zero-order valence-corrected chi connectivity index (χ0v) is 13.6. The summed E-state index contributed by atoms with van der Waals surface area (Å²) >= 11 is 3.11. The predicted molar refractivity (Wildman–Crippen MR) is 80.5 cm³/mol. The Bertz CT molecular complexity index is 556. The summed E-state index contributed by atoms with van der Waals surface area (Å²) in [7, 11) is -3.75. The zero-order valence-electron chi connectivity index (χ0n) is 11.2. The Morgan fingerprint density at radius 2 is 1.95 bits per heavy atom. The minimum absolute atomic E-state index is 0.288. The smallest absolute Gasteiger partial charge is 0.211 e. The Morgan fingerprint density at radius 1 is 1.25 bits per heavy atom. The fraction of sp³-hybridized carbons (Fsp3) is 0.571. The maximum absolute atomic E-state index is 13.7. The summed E-state index contributed by atoms with van der Waals surface area (Å²) in [6.45, 7) is 0.377. The molecular weight excluding hydrogens is 345 g/mol. The monoisotopic (exact) mass is 363 g/mol. The van der Waals surface area contributed by atoms with Crippen molar-refractivity contribution in [2.24, 2.45) is 5.92 Å². The van der Waals surface area contributed by atoms with E-state index in [1.165, 1.54) is 44.2 Å². The standard InChI is InChI=1S/C14H19BrFNO2S/c15-12-6-7-14(13(16)10-12)20(18,19)17-9-8-11-4-2-1-3-5-11/h6-7,10-11,17H,1-5,8-9H2. The van der Waals surface area contributed by atoms with Crippen LogP contribution >= 0.6 is 15.9 Å². The number of hydrogen-bond donors (Lipinski definition) is 1. The molecule has 0 heterocycles. The van der Waals surface area contributed by atoms with Gasteiger partial charge in [-0.05, 0) is 30.5 Å². The number of rotatable bonds is 5. The van der Waals surface area contributed by atoms with E-state index in [-0.39, 0.29) is 4.90 Å². The van der Waals surface area contributed by atoms with E-state index in [2.05, 4.69) is 20.7 Å². The van der Waals surface area contributed by atoms with Gasteiger partial charge >= 0.3 is 0 Å². The lowest BCUT2D eigenvalue weighted by molar-refractivity contribution is 0.339. The quantitative estimate of drug-likeness (QED) is 0.863. The Labute approximate surface area is 128 Å². The molecule has 1 aromatic carbocycles. The molecule has 2 rings (SSSR count). The molecule has 0 atom stereocenters. The van der Waals surface area contributed by atoms with Crippen molar-refractivity contribution in [1.82, 2.24) is 4.72 Å². The predicted octanol–water partition coefficient (Wildman–Crippen LogP) is 3.84. The first-order valence-electron chi connectivity index (χ1n) is 6.94. The Balaban J connectivity index is 1.93. The van der Waals surface area contributed by atoms with E-state index in [1.54, 1.807) is 0 Å². The van der Waals surface area contributed by atoms with Gasteiger partial charge in [0.2, 0.25) is 10.0 Å². The summed E-state index contributed by atoms with van der Waals surface area (Å²) in [4.78, 5) is -0.288. The first-order valence-corrected chi connectivity index (χ1v) is 9.21. The minimum Gasteiger partial charge on any atom is -0.211 e. The molecule has 112 valence electrons. The molecule has 0 radical (unpaired) electrons. The highest BCUT2D eigenvalue weighted by molar-refractivity contribution is 9.10. The highest BCUT2D eigenvalue weighted by Gasteiger charge is 2.20. The Kier molecular flexibility index (Phi) is 5.57. The lowest BCUT2D eigenvalue weighted by Gasteiger charge is -2.21. The molecule has 1 aromatic rings. The van der Waals surface area contributed by atoms with Crippen molar-refractivity contribution in [3.8, 4) is 0 Å². The van der Waals surface area contributed by atoms with Gasteiger partial charge in [0.05, 0.1) is 0 Å². The summed E-state index contributed by atoms with van der Waals surface area (Å²) in [5, 5.41) is 0. The van der Waals surface area contributed by atoms with Gasteiger partial charge in [0, 0.05) is 11.0 Å². The number of benzene rings is 1. The normalized spacial score (nSPS) is 17.3. The van der Waals surface area contributed by atoms with Gasteiger partial charge in [0.25, 0.3) is 0 Å². The summed E-state index contributed by atoms with van der Waals surface area (Å²) in [5.41, 5.74) is 0. The Morgan fingerprint density at radius 3 is 2.60 bits per heavy atom. The van der Waals surface area contributed by atoms with Gasteiger partial charge < -0.3 is 0 Å². The molecule has 0 aliphatic heterocycles. The van der Waals surface area contributed by atoms with Crippen LogP contribution in [-0.4, -0.2) is 15.0 Å². The zero-order chi connectivity index (χ0) is 14.6. The number of nitrogens with one attached hydrogen (secondary N) is 1. The van der Waals surface area contributed by atoms with Crippen LogP contribution in [0.5, 0.6) is 0 Å². The largest absolute Gasteiger partial charge is 0.243 e. The highest BCUT2D eigenvalue weighted by Crippen LogP contribution is 2.26. The molecule has 3 nitrogen and oxygen atoms in total. The van der Waals surface area contributed by atoms with Crippen LogP contribution in [0, 0.1) is 11.7 Å². The van der Waals surface area contributed by atoms with E-state index in [0.717, 1.165) is 12.5 Å². The fourth-order valence-electron chi connectivity index (χ4n) is 2.64. The van der Waals surface area contributed by atoms with Crippen molar-refractivity contribution in [2.45, 2.75) is 43.4 Å². The molecule has 0 amide bonds. The van der Waals surface area contributed by atoms with Crippen LogP contribution < -0.4 is 4.72 Å². The second-order valence-electron chi connectivity index (χ2n) is 5.27. The van der Waals surface area contributed by atoms with Crippen molar-refractivity contribution in [3.05, 3.63) is 28.5 Å². The molecule has 1 saturated carbocycles. The van der Waals surface area contributed by atoms with E-state index >= 15 is 0 Å². The SMILES string of the molecule is O=S(=O)(NCCC1CCCCC1)c1ccc(Br)cc1F. The van der Waals surface area contributed by atoms with Crippen LogP contribution in [-0.2, 0) is 10.0 Å². The lowest BCUT2D eigenvalue weighted by atomic mass is 9.87. The van der Waals surface area contributed by atoms with Crippen molar-refractivity contribution in [3.63, 3.8) is 0 Å². The molecule has 1 fully saturated rings. The summed E-state index contributed by atoms with van der Waals surface area (Å²) in [6, 6.07) is 3.97. The molecule has 0 bridgehead atoms. The number of hydrogen-bond acceptors (Lipinski definition) is 2. The average Bonchev–Trinajstić information content (AvgIpc) is 2.39. The highest BCUT2D eigenvalue weighted by atomic mass is 79.9. The van der Waals surface area contributed by atoms with Gasteiger partial charge in [-0.2, -0.15) is 0 Å². The average molecular weight is 364 g/mol. The fourth-order valence-corrected chi connectivity index (χ4v) is 4.08. The van der Waals surface area contributed by atoms with E-state index in [1.807, 2.05) is 0 Å². The van der Waals surface area contributed by atoms with Crippen LogP contribution in [0.3, 0.4) is 0 Å². The Hall–Kier alpha value is -0.460. The minimum atomic E-state index is -3.75. The van der Waals surface area contributed by atoms with Crippen LogP contribution in [0.25, 0.3) is 0 Å². The molecule has 0 saturated heterocycles. The molecule has 1 N–H and O–H groups in total. The first kappa shape index (κ1) is 15.9. The van der Waals surface area contributed by atoms with Crippen LogP contribution in [0.2, 0.25) is 0 Å². The van der Waals surface area contributed by atoms with E-state index in [4.69, 9.17) is 0 Å². The molecule has 0 spiro atoms. The lowest BCUT2D eigenvalue weighted by Crippen LogP contribution is -2.27. The molecule has 1 aliphatic rings. The molecule has 1 aliphatic carbocycles. The summed E-state index contributed by atoms with van der Waals surface area (Å²) in [5.74, 6) is -0.134. The molecule has 6 heteroatoms. The van der Waals surface area contributed by atoms with Crippen LogP contribution in [0.4, 0.5) is 4.39 Å². The van der Waals surface area contributed by atoms with E-state index < -0.39 is 15.8 Å². The van der Waals surface area contributed by atoms with Gasteiger partial charge in [-0.3, -0.25) is 0 Å². The van der Waals surface area contributed by atoms with Gasteiger partial charge in [0.15, 0.2) is 0 Å². The second kappa shape index (κ2) is 7.00. The van der Waals surface area contributed by atoms with Crippen LogP contribution in [0.15, 0.2) is 27.6 Å². The maximum Gasteiger partial charge on any atom is 0.243 e. The number of sulfonamides is 1. The molecule has 0 unspecified atom stereocenters. The maximum atomic E-state index is 13.7. The van der Waals surface area contributed by atoms with Crippen molar-refractivity contribution in [1.29, 1.82) is 0 Å². The molecular formula is C14H19BrFNO2S.